The van der Waals surface area contributed by atoms with E-state index in [0.29, 0.717) is 0 Å². The SMILES string of the molecule is CCCCCCCCCCCC(=O)[O-].CCCCCCCCCCCC(=O)[O-].CCCCCCCCCCCC(=O)[O-].[La+3]. The van der Waals surface area contributed by atoms with Gasteiger partial charge in [0.1, 0.15) is 0 Å². The first-order valence-electron chi connectivity index (χ1n) is 17.9. The summed E-state index contributed by atoms with van der Waals surface area (Å²) >= 11 is 0. The molecule has 0 bridgehead atoms. The Morgan fingerprint density at radius 3 is 0.581 bits per heavy atom. The van der Waals surface area contributed by atoms with Crippen LogP contribution in [0.3, 0.4) is 0 Å². The molecule has 43 heavy (non-hydrogen) atoms. The number of carbonyl (C=O) groups excluding carboxylic acids is 3. The van der Waals surface area contributed by atoms with E-state index in [-0.39, 0.29) is 54.9 Å². The van der Waals surface area contributed by atoms with Crippen molar-refractivity contribution in [3.05, 3.63) is 0 Å². The fourth-order valence-corrected chi connectivity index (χ4v) is 4.74. The number of carboxylic acid groups (broad SMARTS) is 3. The summed E-state index contributed by atoms with van der Waals surface area (Å²) in [6.07, 6.45) is 33.5. The molecule has 252 valence electrons. The summed E-state index contributed by atoms with van der Waals surface area (Å²) in [5.74, 6) is -2.73. The smallest absolute Gasteiger partial charge is 0.550 e. The quantitative estimate of drug-likeness (QED) is 0.0690. The number of carbonyl (C=O) groups is 3. The average molecular weight is 737 g/mol. The van der Waals surface area contributed by atoms with Gasteiger partial charge in [0.2, 0.25) is 0 Å². The van der Waals surface area contributed by atoms with Crippen molar-refractivity contribution in [2.24, 2.45) is 0 Å². The van der Waals surface area contributed by atoms with Crippen LogP contribution < -0.4 is 15.3 Å². The van der Waals surface area contributed by atoms with Gasteiger partial charge in [-0.3, -0.25) is 0 Å². The van der Waals surface area contributed by atoms with Gasteiger partial charge >= 0.3 is 35.6 Å². The van der Waals surface area contributed by atoms with Crippen molar-refractivity contribution >= 4 is 17.9 Å². The zero-order valence-electron chi connectivity index (χ0n) is 28.7. The summed E-state index contributed by atoms with van der Waals surface area (Å²) in [4.78, 5) is 30.3. The van der Waals surface area contributed by atoms with E-state index in [1.54, 1.807) is 0 Å². The van der Waals surface area contributed by atoms with Crippen LogP contribution in [0.4, 0.5) is 0 Å². The van der Waals surface area contributed by atoms with E-state index in [1.807, 2.05) is 0 Å². The minimum absolute atomic E-state index is 0. The van der Waals surface area contributed by atoms with E-state index in [4.69, 9.17) is 0 Å². The molecule has 7 heteroatoms. The molecule has 0 atom stereocenters. The van der Waals surface area contributed by atoms with Crippen LogP contribution in [0.2, 0.25) is 0 Å². The summed E-state index contributed by atoms with van der Waals surface area (Å²) < 4.78 is 0. The van der Waals surface area contributed by atoms with E-state index in [9.17, 15) is 29.7 Å². The Labute approximate surface area is 294 Å². The molecule has 0 aliphatic carbocycles. The van der Waals surface area contributed by atoms with Crippen LogP contribution in [-0.2, 0) is 14.4 Å². The van der Waals surface area contributed by atoms with Crippen LogP contribution in [-0.4, -0.2) is 17.9 Å². The van der Waals surface area contributed by atoms with Gasteiger partial charge in [-0.15, -0.1) is 0 Å². The molecule has 0 rings (SSSR count). The fourth-order valence-electron chi connectivity index (χ4n) is 4.74. The predicted octanol–water partition coefficient (Wildman–Crippen LogP) is 7.97. The van der Waals surface area contributed by atoms with Crippen molar-refractivity contribution in [3.63, 3.8) is 0 Å². The van der Waals surface area contributed by atoms with Gasteiger partial charge < -0.3 is 29.7 Å². The molecule has 0 aliphatic heterocycles. The first-order valence-corrected chi connectivity index (χ1v) is 17.9. The summed E-state index contributed by atoms with van der Waals surface area (Å²) in [7, 11) is 0. The van der Waals surface area contributed by atoms with Gasteiger partial charge in [0.25, 0.3) is 0 Å². The van der Waals surface area contributed by atoms with Gasteiger partial charge in [0.15, 0.2) is 0 Å². The Bertz CT molecular complexity index is 480. The number of rotatable bonds is 30. The monoisotopic (exact) mass is 736 g/mol. The molecule has 0 aromatic rings. The molecular formula is C36H69LaO6. The molecule has 0 N–H and O–H groups in total. The number of aliphatic carboxylic acids is 3. The molecule has 0 aromatic heterocycles. The first kappa shape index (κ1) is 49.5. The standard InChI is InChI=1S/3C12H24O2.La/c3*1-2-3-4-5-6-7-8-9-10-11-12(13)14;/h3*2-11H2,1H3,(H,13,14);/q;;;+3/p-3. The number of carboxylic acids is 3. The molecule has 0 spiro atoms. The van der Waals surface area contributed by atoms with Gasteiger partial charge in [0.05, 0.1) is 0 Å². The second-order valence-corrected chi connectivity index (χ2v) is 11.9. The molecule has 0 radical (unpaired) electrons. The van der Waals surface area contributed by atoms with Crippen molar-refractivity contribution in [1.82, 2.24) is 0 Å². The zero-order chi connectivity index (χ0) is 31.9. The molecule has 0 aliphatic rings. The maximum absolute atomic E-state index is 10.1. The van der Waals surface area contributed by atoms with Crippen LogP contribution >= 0.6 is 0 Å². The molecule has 0 unspecified atom stereocenters. The minimum Gasteiger partial charge on any atom is -0.550 e. The normalized spacial score (nSPS) is 10.1. The first-order chi connectivity index (χ1) is 20.3. The Kier molecular flexibility index (Phi) is 53.0. The van der Waals surface area contributed by atoms with Crippen molar-refractivity contribution in [3.8, 4) is 0 Å². The predicted molar refractivity (Wildman–Crippen MR) is 171 cm³/mol. The van der Waals surface area contributed by atoms with E-state index in [0.717, 1.165) is 38.5 Å². The van der Waals surface area contributed by atoms with Gasteiger partial charge in [-0.25, -0.2) is 0 Å². The summed E-state index contributed by atoms with van der Waals surface area (Å²) in [6.45, 7) is 6.67. The maximum Gasteiger partial charge on any atom is 3.00 e. The molecular weight excluding hydrogens is 667 g/mol. The van der Waals surface area contributed by atoms with E-state index < -0.39 is 17.9 Å². The molecule has 0 fully saturated rings. The maximum atomic E-state index is 10.1. The summed E-state index contributed by atoms with van der Waals surface area (Å²) in [5.41, 5.74) is 0. The fraction of sp³-hybridized carbons (Fsp3) is 0.917. The Balaban J connectivity index is -0.000000262. The van der Waals surface area contributed by atoms with Gasteiger partial charge in [-0.05, 0) is 38.5 Å². The summed E-state index contributed by atoms with van der Waals surface area (Å²) in [5, 5.41) is 30.3. The third-order valence-corrected chi connectivity index (χ3v) is 7.45. The largest absolute Gasteiger partial charge is 3.00 e. The molecule has 0 heterocycles. The topological polar surface area (TPSA) is 120 Å². The Morgan fingerprint density at radius 1 is 0.302 bits per heavy atom. The van der Waals surface area contributed by atoms with Crippen LogP contribution in [0.5, 0.6) is 0 Å². The Hall–Kier alpha value is -0.395. The molecule has 6 nitrogen and oxygen atoms in total. The third kappa shape index (κ3) is 61.4. The molecule has 0 amide bonds. The van der Waals surface area contributed by atoms with Crippen molar-refractivity contribution in [2.75, 3.05) is 0 Å². The van der Waals surface area contributed by atoms with Gasteiger partial charge in [-0.1, -0.05) is 175 Å². The number of hydrogen-bond acceptors (Lipinski definition) is 6. The zero-order valence-corrected chi connectivity index (χ0v) is 32.4. The second kappa shape index (κ2) is 46.0. The van der Waals surface area contributed by atoms with E-state index >= 15 is 0 Å². The number of unbranched alkanes of at least 4 members (excludes halogenated alkanes) is 24. The van der Waals surface area contributed by atoms with Crippen LogP contribution in [0.1, 0.15) is 213 Å². The van der Waals surface area contributed by atoms with Crippen LogP contribution in [0, 0.1) is 35.6 Å². The van der Waals surface area contributed by atoms with Crippen molar-refractivity contribution in [2.45, 2.75) is 213 Å². The van der Waals surface area contributed by atoms with Crippen molar-refractivity contribution < 1.29 is 65.3 Å². The van der Waals surface area contributed by atoms with Crippen molar-refractivity contribution in [1.29, 1.82) is 0 Å². The average Bonchev–Trinajstić information content (AvgIpc) is 2.95. The second-order valence-electron chi connectivity index (χ2n) is 11.9. The Morgan fingerprint density at radius 2 is 0.442 bits per heavy atom. The molecule has 0 aromatic carbocycles. The van der Waals surface area contributed by atoms with E-state index in [1.165, 1.54) is 135 Å². The molecule has 0 saturated carbocycles. The third-order valence-electron chi connectivity index (χ3n) is 7.45. The van der Waals surface area contributed by atoms with Crippen LogP contribution in [0.15, 0.2) is 0 Å². The summed E-state index contributed by atoms with van der Waals surface area (Å²) in [6, 6.07) is 0. The minimum atomic E-state index is -0.909. The van der Waals surface area contributed by atoms with E-state index in [2.05, 4.69) is 20.8 Å². The molecule has 0 saturated heterocycles. The number of hydrogen-bond donors (Lipinski definition) is 0. The van der Waals surface area contributed by atoms with Gasteiger partial charge in [-0.2, -0.15) is 0 Å². The van der Waals surface area contributed by atoms with Crippen LogP contribution in [0.25, 0.3) is 0 Å². The van der Waals surface area contributed by atoms with Gasteiger partial charge in [0, 0.05) is 17.9 Å².